The highest BCUT2D eigenvalue weighted by Gasteiger charge is 2.19. The zero-order valence-corrected chi connectivity index (χ0v) is 14.8. The molecule has 0 bridgehead atoms. The van der Waals surface area contributed by atoms with Gasteiger partial charge in [-0.15, -0.1) is 10.2 Å². The Hall–Kier alpha value is -2.98. The molecule has 6 nitrogen and oxygen atoms in total. The Labute approximate surface area is 155 Å². The highest BCUT2D eigenvalue weighted by atomic mass is 32.2. The van der Waals surface area contributed by atoms with Crippen LogP contribution in [0.5, 0.6) is 11.5 Å². The van der Waals surface area contributed by atoms with Crippen molar-refractivity contribution in [2.75, 3.05) is 12.5 Å². The second-order valence-corrected chi connectivity index (χ2v) is 6.72. The average molecular weight is 364 g/mol. The van der Waals surface area contributed by atoms with E-state index in [0.717, 1.165) is 40.2 Å². The van der Waals surface area contributed by atoms with Crippen molar-refractivity contribution in [3.05, 3.63) is 48.5 Å². The Bertz CT molecular complexity index is 950. The molecule has 0 aliphatic carbocycles. The number of para-hydroxylation sites is 1. The molecule has 2 aromatic carbocycles. The van der Waals surface area contributed by atoms with E-state index in [4.69, 9.17) is 14.7 Å². The summed E-state index contributed by atoms with van der Waals surface area (Å²) in [6.07, 6.45) is 1.36. The van der Waals surface area contributed by atoms with E-state index >= 15 is 0 Å². The van der Waals surface area contributed by atoms with E-state index < -0.39 is 0 Å². The van der Waals surface area contributed by atoms with Crippen LogP contribution < -0.4 is 9.47 Å². The molecule has 4 rings (SSSR count). The van der Waals surface area contributed by atoms with E-state index in [1.807, 2.05) is 53.1 Å². The number of rotatable bonds is 6. The molecule has 7 heteroatoms. The molecule has 3 aromatic rings. The lowest BCUT2D eigenvalue weighted by Crippen LogP contribution is -2.00. The number of unbranched alkanes of at least 4 members (excludes halogenated alkanes) is 1. The first-order chi connectivity index (χ1) is 12.9. The van der Waals surface area contributed by atoms with E-state index in [0.29, 0.717) is 12.2 Å². The SMILES string of the molecule is N#CCCCSc1nnc(-c2ccc3c(c2)OCO3)n1-c1ccccc1. The number of fused-ring (bicyclic) bond motifs is 1. The summed E-state index contributed by atoms with van der Waals surface area (Å²) in [5, 5.41) is 18.3. The number of hydrogen-bond acceptors (Lipinski definition) is 6. The van der Waals surface area contributed by atoms with Crippen molar-refractivity contribution in [2.24, 2.45) is 0 Å². The Morgan fingerprint density at radius 1 is 1.08 bits per heavy atom. The molecule has 0 atom stereocenters. The summed E-state index contributed by atoms with van der Waals surface area (Å²) in [6, 6.07) is 18.0. The highest BCUT2D eigenvalue weighted by molar-refractivity contribution is 7.99. The van der Waals surface area contributed by atoms with E-state index in [1.165, 1.54) is 0 Å². The standard InChI is InChI=1S/C19H16N4O2S/c20-10-4-5-11-26-19-22-21-18(23(19)15-6-2-1-3-7-15)14-8-9-16-17(12-14)25-13-24-16/h1-3,6-9,12H,4-5,11,13H2. The smallest absolute Gasteiger partial charge is 0.231 e. The third kappa shape index (κ3) is 3.24. The van der Waals surface area contributed by atoms with Gasteiger partial charge >= 0.3 is 0 Å². The molecule has 0 saturated carbocycles. The van der Waals surface area contributed by atoms with Crippen LogP contribution in [0.3, 0.4) is 0 Å². The Morgan fingerprint density at radius 2 is 1.92 bits per heavy atom. The third-order valence-electron chi connectivity index (χ3n) is 3.94. The second-order valence-electron chi connectivity index (χ2n) is 5.66. The predicted molar refractivity (Wildman–Crippen MR) is 98.5 cm³/mol. The topological polar surface area (TPSA) is 73.0 Å². The molecule has 130 valence electrons. The minimum Gasteiger partial charge on any atom is -0.454 e. The quantitative estimate of drug-likeness (QED) is 0.485. The van der Waals surface area contributed by atoms with Crippen LogP contribution in [0.1, 0.15) is 12.8 Å². The van der Waals surface area contributed by atoms with Gasteiger partial charge in [0.05, 0.1) is 6.07 Å². The average Bonchev–Trinajstić information content (AvgIpc) is 3.32. The summed E-state index contributed by atoms with van der Waals surface area (Å²) in [7, 11) is 0. The van der Waals surface area contributed by atoms with Crippen molar-refractivity contribution >= 4 is 11.8 Å². The maximum absolute atomic E-state index is 8.71. The van der Waals surface area contributed by atoms with Gasteiger partial charge in [0, 0.05) is 23.4 Å². The summed E-state index contributed by atoms with van der Waals surface area (Å²) in [6.45, 7) is 0.240. The fourth-order valence-electron chi connectivity index (χ4n) is 2.71. The van der Waals surface area contributed by atoms with Crippen molar-refractivity contribution in [3.8, 4) is 34.6 Å². The molecule has 0 spiro atoms. The van der Waals surface area contributed by atoms with Gasteiger partial charge in [0.1, 0.15) is 0 Å². The van der Waals surface area contributed by atoms with Gasteiger partial charge in [-0.05, 0) is 36.8 Å². The number of hydrogen-bond donors (Lipinski definition) is 0. The second kappa shape index (κ2) is 7.50. The first-order valence-corrected chi connectivity index (χ1v) is 9.26. The van der Waals surface area contributed by atoms with Crippen LogP contribution in [0.2, 0.25) is 0 Å². The third-order valence-corrected chi connectivity index (χ3v) is 4.96. The van der Waals surface area contributed by atoms with Gasteiger partial charge in [0.25, 0.3) is 0 Å². The molecule has 0 unspecified atom stereocenters. The number of benzene rings is 2. The lowest BCUT2D eigenvalue weighted by atomic mass is 10.2. The summed E-state index contributed by atoms with van der Waals surface area (Å²) in [5.74, 6) is 3.02. The minimum atomic E-state index is 0.240. The lowest BCUT2D eigenvalue weighted by Gasteiger charge is -2.10. The van der Waals surface area contributed by atoms with Gasteiger partial charge in [-0.3, -0.25) is 4.57 Å². The molecular weight excluding hydrogens is 348 g/mol. The lowest BCUT2D eigenvalue weighted by molar-refractivity contribution is 0.174. The highest BCUT2D eigenvalue weighted by Crippen LogP contribution is 2.37. The number of thioether (sulfide) groups is 1. The van der Waals surface area contributed by atoms with Crippen molar-refractivity contribution in [1.29, 1.82) is 5.26 Å². The number of nitrogens with zero attached hydrogens (tertiary/aromatic N) is 4. The summed E-state index contributed by atoms with van der Waals surface area (Å²) in [5.41, 5.74) is 1.91. The molecule has 0 N–H and O–H groups in total. The Morgan fingerprint density at radius 3 is 2.77 bits per heavy atom. The van der Waals surface area contributed by atoms with E-state index in [2.05, 4.69) is 16.3 Å². The maximum Gasteiger partial charge on any atom is 0.231 e. The van der Waals surface area contributed by atoms with Gasteiger partial charge in [-0.1, -0.05) is 30.0 Å². The van der Waals surface area contributed by atoms with Crippen LogP contribution in [0.25, 0.3) is 17.1 Å². The van der Waals surface area contributed by atoms with Crippen LogP contribution in [0.4, 0.5) is 0 Å². The van der Waals surface area contributed by atoms with Crippen LogP contribution in [-0.2, 0) is 0 Å². The molecule has 2 heterocycles. The molecule has 0 radical (unpaired) electrons. The summed E-state index contributed by atoms with van der Waals surface area (Å²) >= 11 is 1.61. The molecule has 0 amide bonds. The van der Waals surface area contributed by atoms with Gasteiger partial charge < -0.3 is 9.47 Å². The van der Waals surface area contributed by atoms with Gasteiger partial charge in [-0.2, -0.15) is 5.26 Å². The molecular formula is C19H16N4O2S. The predicted octanol–water partition coefficient (Wildman–Crippen LogP) is 4.06. The van der Waals surface area contributed by atoms with Gasteiger partial charge in [0.15, 0.2) is 22.5 Å². The van der Waals surface area contributed by atoms with Crippen molar-refractivity contribution in [1.82, 2.24) is 14.8 Å². The fourth-order valence-corrected chi connectivity index (χ4v) is 3.60. The van der Waals surface area contributed by atoms with Crippen molar-refractivity contribution < 1.29 is 9.47 Å². The summed E-state index contributed by atoms with van der Waals surface area (Å²) < 4.78 is 12.9. The minimum absolute atomic E-state index is 0.240. The van der Waals surface area contributed by atoms with Gasteiger partial charge in [-0.25, -0.2) is 0 Å². The van der Waals surface area contributed by atoms with Crippen LogP contribution in [0.15, 0.2) is 53.7 Å². The van der Waals surface area contributed by atoms with Crippen molar-refractivity contribution in [3.63, 3.8) is 0 Å². The van der Waals surface area contributed by atoms with E-state index in [1.54, 1.807) is 11.8 Å². The molecule has 0 fully saturated rings. The van der Waals surface area contributed by atoms with Crippen LogP contribution in [-0.4, -0.2) is 27.3 Å². The first-order valence-electron chi connectivity index (χ1n) is 8.27. The number of aromatic nitrogens is 3. The normalized spacial score (nSPS) is 12.1. The largest absolute Gasteiger partial charge is 0.454 e. The van der Waals surface area contributed by atoms with E-state index in [9.17, 15) is 0 Å². The van der Waals surface area contributed by atoms with Crippen molar-refractivity contribution in [2.45, 2.75) is 18.0 Å². The van der Waals surface area contributed by atoms with Crippen LogP contribution in [0, 0.1) is 11.3 Å². The van der Waals surface area contributed by atoms with Crippen LogP contribution >= 0.6 is 11.8 Å². The fraction of sp³-hybridized carbons (Fsp3) is 0.211. The van der Waals surface area contributed by atoms with E-state index in [-0.39, 0.29) is 6.79 Å². The summed E-state index contributed by atoms with van der Waals surface area (Å²) in [4.78, 5) is 0. The number of nitriles is 1. The Kier molecular flexibility index (Phi) is 4.75. The Balaban J connectivity index is 1.72. The molecule has 1 aromatic heterocycles. The molecule has 1 aliphatic heterocycles. The molecule has 1 aliphatic rings. The molecule has 0 saturated heterocycles. The number of ether oxygens (including phenoxy) is 2. The zero-order valence-electron chi connectivity index (χ0n) is 14.0. The zero-order chi connectivity index (χ0) is 17.8. The maximum atomic E-state index is 8.71. The molecule has 26 heavy (non-hydrogen) atoms. The van der Waals surface area contributed by atoms with Gasteiger partial charge in [0.2, 0.25) is 6.79 Å². The first kappa shape index (κ1) is 16.5. The monoisotopic (exact) mass is 364 g/mol.